The third kappa shape index (κ3) is 6.58. The van der Waals surface area contributed by atoms with E-state index in [9.17, 15) is 8.42 Å². The number of hydrogen-bond donors (Lipinski definition) is 1. The minimum absolute atomic E-state index is 0.268. The van der Waals surface area contributed by atoms with Crippen molar-refractivity contribution in [2.75, 3.05) is 29.6 Å². The summed E-state index contributed by atoms with van der Waals surface area (Å²) in [5.74, 6) is 3.07. The van der Waals surface area contributed by atoms with Crippen LogP contribution in [-0.4, -0.2) is 54.5 Å². The summed E-state index contributed by atoms with van der Waals surface area (Å²) in [5.41, 5.74) is 0. The van der Waals surface area contributed by atoms with Crippen LogP contribution in [0, 0.1) is 0 Å². The molecule has 1 fully saturated rings. The highest BCUT2D eigenvalue weighted by atomic mass is 32.2. The molecule has 0 aliphatic carbocycles. The van der Waals surface area contributed by atoms with E-state index in [1.165, 1.54) is 11.5 Å². The molecule has 1 N–H and O–H groups in total. The van der Waals surface area contributed by atoms with Gasteiger partial charge in [0.15, 0.2) is 0 Å². The summed E-state index contributed by atoms with van der Waals surface area (Å²) < 4.78 is 23.2. The molecule has 0 spiro atoms. The molecule has 0 aromatic heterocycles. The van der Waals surface area contributed by atoms with Gasteiger partial charge in [-0.05, 0) is 25.8 Å². The maximum Gasteiger partial charge on any atom is 0.150 e. The highest BCUT2D eigenvalue weighted by molar-refractivity contribution is 8.07. The molecule has 3 unspecified atom stereocenters. The summed E-state index contributed by atoms with van der Waals surface area (Å²) in [6.07, 6.45) is 2.89. The molecule has 1 aliphatic rings. The maximum absolute atomic E-state index is 11.6. The van der Waals surface area contributed by atoms with Crippen LogP contribution in [0.25, 0.3) is 0 Å². The number of rotatable bonds is 9. The predicted octanol–water partition coefficient (Wildman–Crippen LogP) is 2.81. The van der Waals surface area contributed by atoms with E-state index in [0.717, 1.165) is 25.8 Å². The van der Waals surface area contributed by atoms with E-state index in [1.807, 2.05) is 0 Å². The lowest BCUT2D eigenvalue weighted by molar-refractivity contribution is 0.457. The number of sulfone groups is 1. The van der Waals surface area contributed by atoms with Gasteiger partial charge in [-0.25, -0.2) is 8.42 Å². The first kappa shape index (κ1) is 18.7. The van der Waals surface area contributed by atoms with Crippen LogP contribution in [0.2, 0.25) is 0 Å². The fourth-order valence-electron chi connectivity index (χ4n) is 2.47. The van der Waals surface area contributed by atoms with Crippen LogP contribution in [0.4, 0.5) is 0 Å². The zero-order chi connectivity index (χ0) is 15.0. The van der Waals surface area contributed by atoms with Crippen LogP contribution >= 0.6 is 23.5 Å². The second kappa shape index (κ2) is 9.59. The van der Waals surface area contributed by atoms with Gasteiger partial charge in [-0.15, -0.1) is 0 Å². The van der Waals surface area contributed by atoms with Gasteiger partial charge in [-0.1, -0.05) is 20.8 Å². The molecule has 1 heterocycles. The monoisotopic (exact) mass is 339 g/mol. The fourth-order valence-corrected chi connectivity index (χ4v) is 6.37. The minimum atomic E-state index is -2.82. The third-order valence-corrected chi connectivity index (χ3v) is 8.74. The van der Waals surface area contributed by atoms with Crippen molar-refractivity contribution >= 4 is 33.4 Å². The Hall–Kier alpha value is 0.610. The molecule has 1 rings (SSSR count). The zero-order valence-corrected chi connectivity index (χ0v) is 15.4. The molecule has 3 nitrogen and oxygen atoms in total. The van der Waals surface area contributed by atoms with Crippen LogP contribution in [0.15, 0.2) is 0 Å². The van der Waals surface area contributed by atoms with Crippen molar-refractivity contribution in [3.8, 4) is 0 Å². The van der Waals surface area contributed by atoms with Gasteiger partial charge in [0.05, 0.1) is 5.75 Å². The Morgan fingerprint density at radius 1 is 1.25 bits per heavy atom. The molecule has 1 saturated heterocycles. The summed E-state index contributed by atoms with van der Waals surface area (Å²) in [6.45, 7) is 7.25. The van der Waals surface area contributed by atoms with Crippen molar-refractivity contribution in [3.05, 3.63) is 0 Å². The Bertz CT molecular complexity index is 359. The van der Waals surface area contributed by atoms with Gasteiger partial charge in [-0.3, -0.25) is 0 Å². The fraction of sp³-hybridized carbons (Fsp3) is 1.00. The standard InChI is InChI=1S/C14H29NO2S3/c1-4-8-15-13(7-6-11-20(16,17)5-2)14-12(3)18-9-10-19-14/h12-15H,4-11H2,1-3H3. The summed E-state index contributed by atoms with van der Waals surface area (Å²) in [7, 11) is -2.82. The van der Waals surface area contributed by atoms with E-state index < -0.39 is 9.84 Å². The second-order valence-corrected chi connectivity index (χ2v) is 10.6. The SMILES string of the molecule is CCCNC(CCCS(=O)(=O)CC)C1SCCSC1C. The quantitative estimate of drug-likeness (QED) is 0.700. The van der Waals surface area contributed by atoms with E-state index in [4.69, 9.17) is 0 Å². The van der Waals surface area contributed by atoms with Crippen LogP contribution in [0.1, 0.15) is 40.0 Å². The summed E-state index contributed by atoms with van der Waals surface area (Å²) >= 11 is 4.11. The van der Waals surface area contributed by atoms with E-state index in [0.29, 0.717) is 22.3 Å². The van der Waals surface area contributed by atoms with E-state index in [-0.39, 0.29) is 5.75 Å². The van der Waals surface area contributed by atoms with Gasteiger partial charge in [0.2, 0.25) is 0 Å². The van der Waals surface area contributed by atoms with Crippen molar-refractivity contribution in [1.29, 1.82) is 0 Å². The molecular weight excluding hydrogens is 310 g/mol. The topological polar surface area (TPSA) is 46.2 Å². The van der Waals surface area contributed by atoms with Crippen LogP contribution < -0.4 is 5.32 Å². The lowest BCUT2D eigenvalue weighted by atomic mass is 10.1. The highest BCUT2D eigenvalue weighted by Crippen LogP contribution is 2.34. The smallest absolute Gasteiger partial charge is 0.150 e. The largest absolute Gasteiger partial charge is 0.313 e. The summed E-state index contributed by atoms with van der Waals surface area (Å²) in [5, 5.41) is 4.92. The molecule has 0 radical (unpaired) electrons. The van der Waals surface area contributed by atoms with E-state index >= 15 is 0 Å². The molecule has 0 aromatic carbocycles. The first-order chi connectivity index (χ1) is 9.50. The van der Waals surface area contributed by atoms with E-state index in [2.05, 4.69) is 42.7 Å². The summed E-state index contributed by atoms with van der Waals surface area (Å²) in [4.78, 5) is 0. The van der Waals surface area contributed by atoms with Crippen molar-refractivity contribution < 1.29 is 8.42 Å². The molecule has 3 atom stereocenters. The molecular formula is C14H29NO2S3. The number of nitrogens with one attached hydrogen (secondary N) is 1. The van der Waals surface area contributed by atoms with Gasteiger partial charge in [0.25, 0.3) is 0 Å². The minimum Gasteiger partial charge on any atom is -0.313 e. The number of thioether (sulfide) groups is 2. The zero-order valence-electron chi connectivity index (χ0n) is 12.9. The van der Waals surface area contributed by atoms with E-state index in [1.54, 1.807) is 6.92 Å². The average Bonchev–Trinajstić information content (AvgIpc) is 2.43. The Kier molecular flexibility index (Phi) is 8.95. The van der Waals surface area contributed by atoms with Gasteiger partial charge in [0, 0.05) is 33.8 Å². The van der Waals surface area contributed by atoms with Crippen LogP contribution in [0.3, 0.4) is 0 Å². The first-order valence-electron chi connectivity index (χ1n) is 7.67. The molecule has 20 heavy (non-hydrogen) atoms. The lowest BCUT2D eigenvalue weighted by Gasteiger charge is -2.35. The molecule has 1 aliphatic heterocycles. The van der Waals surface area contributed by atoms with Gasteiger partial charge < -0.3 is 5.32 Å². The summed E-state index contributed by atoms with van der Waals surface area (Å²) in [6, 6.07) is 0.454. The average molecular weight is 340 g/mol. The second-order valence-electron chi connectivity index (χ2n) is 5.35. The van der Waals surface area contributed by atoms with Crippen molar-refractivity contribution in [1.82, 2.24) is 5.32 Å². The predicted molar refractivity (Wildman–Crippen MR) is 93.8 cm³/mol. The molecule has 0 amide bonds. The Labute approximate surface area is 133 Å². The Morgan fingerprint density at radius 3 is 2.55 bits per heavy atom. The molecule has 0 saturated carbocycles. The first-order valence-corrected chi connectivity index (χ1v) is 11.6. The van der Waals surface area contributed by atoms with Crippen molar-refractivity contribution in [2.24, 2.45) is 0 Å². The van der Waals surface area contributed by atoms with Gasteiger partial charge >= 0.3 is 0 Å². The van der Waals surface area contributed by atoms with Gasteiger partial charge in [-0.2, -0.15) is 23.5 Å². The third-order valence-electron chi connectivity index (χ3n) is 3.70. The van der Waals surface area contributed by atoms with Crippen molar-refractivity contribution in [3.63, 3.8) is 0 Å². The normalized spacial score (nSPS) is 25.6. The molecule has 0 aromatic rings. The number of hydrogen-bond acceptors (Lipinski definition) is 5. The van der Waals surface area contributed by atoms with Crippen LogP contribution in [-0.2, 0) is 9.84 Å². The van der Waals surface area contributed by atoms with Crippen molar-refractivity contribution in [2.45, 2.75) is 56.6 Å². The molecule has 6 heteroatoms. The molecule has 0 bridgehead atoms. The lowest BCUT2D eigenvalue weighted by Crippen LogP contribution is -2.44. The van der Waals surface area contributed by atoms with Gasteiger partial charge in [0.1, 0.15) is 9.84 Å². The molecule has 120 valence electrons. The van der Waals surface area contributed by atoms with Crippen LogP contribution in [0.5, 0.6) is 0 Å². The Morgan fingerprint density at radius 2 is 1.95 bits per heavy atom. The highest BCUT2D eigenvalue weighted by Gasteiger charge is 2.29. The Balaban J connectivity index is 2.50. The maximum atomic E-state index is 11.6.